The number of anilines is 1. The van der Waals surface area contributed by atoms with Gasteiger partial charge in [-0.25, -0.2) is 4.57 Å². The number of hydrogen-bond acceptors (Lipinski definition) is 4. The van der Waals surface area contributed by atoms with Crippen LogP contribution in [0.5, 0.6) is 0 Å². The molecular formula is C14H17N6+. The maximum absolute atomic E-state index is 5.43. The van der Waals surface area contributed by atoms with Crippen LogP contribution in [0.2, 0.25) is 0 Å². The van der Waals surface area contributed by atoms with Crippen LogP contribution in [0.15, 0.2) is 40.8 Å². The molecule has 0 unspecified atom stereocenters. The van der Waals surface area contributed by atoms with Gasteiger partial charge in [-0.05, 0) is 31.2 Å². The van der Waals surface area contributed by atoms with Crippen molar-refractivity contribution < 1.29 is 4.68 Å². The lowest BCUT2D eigenvalue weighted by Crippen LogP contribution is -2.29. The van der Waals surface area contributed by atoms with Gasteiger partial charge in [0.1, 0.15) is 5.69 Å². The van der Waals surface area contributed by atoms with Gasteiger partial charge in [0.15, 0.2) is 6.33 Å². The van der Waals surface area contributed by atoms with Crippen LogP contribution in [0.25, 0.3) is 0 Å². The zero-order chi connectivity index (χ0) is 14.5. The number of nitrogens with zero attached hydrogens (tertiary/aromatic N) is 6. The Morgan fingerprint density at radius 2 is 2.05 bits per heavy atom. The molecule has 20 heavy (non-hydrogen) atoms. The molecule has 0 aliphatic carbocycles. The van der Waals surface area contributed by atoms with Gasteiger partial charge in [-0.2, -0.15) is 0 Å². The first-order valence-electron chi connectivity index (χ1n) is 6.29. The quantitative estimate of drug-likeness (QED) is 0.369. The Labute approximate surface area is 118 Å². The van der Waals surface area contributed by atoms with E-state index < -0.39 is 0 Å². The van der Waals surface area contributed by atoms with Gasteiger partial charge < -0.3 is 4.90 Å². The highest BCUT2D eigenvalue weighted by atomic mass is 15.4. The Kier molecular flexibility index (Phi) is 4.11. The van der Waals surface area contributed by atoms with E-state index in [1.165, 1.54) is 0 Å². The fourth-order valence-corrected chi connectivity index (χ4v) is 1.77. The fourth-order valence-electron chi connectivity index (χ4n) is 1.77. The van der Waals surface area contributed by atoms with Crippen LogP contribution < -0.4 is 9.58 Å². The second-order valence-corrected chi connectivity index (χ2v) is 4.26. The van der Waals surface area contributed by atoms with Crippen molar-refractivity contribution >= 4 is 17.3 Å². The first-order chi connectivity index (χ1) is 9.65. The SMILES string of the molecule is C#CN(CC)c1ccc(/N=N/c2n(C)cn[n+]2C)cc1. The molecule has 1 aromatic heterocycles. The van der Waals surface area contributed by atoms with E-state index >= 15 is 0 Å². The number of benzene rings is 1. The summed E-state index contributed by atoms with van der Waals surface area (Å²) >= 11 is 0. The topological polar surface area (TPSA) is 49.7 Å². The van der Waals surface area contributed by atoms with Crippen molar-refractivity contribution in [1.29, 1.82) is 0 Å². The molecule has 6 nitrogen and oxygen atoms in total. The standard InChI is InChI=1S/C14H17N6/c1-5-20(6-2)13-9-7-12(8-10-13)16-17-14-18(3)11-15-19(14)4/h1,7-11H,6H2,2-4H3/q+1. The molecule has 0 aliphatic heterocycles. The Balaban J connectivity index is 2.18. The minimum Gasteiger partial charge on any atom is -0.302 e. The summed E-state index contributed by atoms with van der Waals surface area (Å²) in [5, 5.41) is 12.5. The number of rotatable bonds is 4. The molecule has 2 aromatic rings. The molecule has 6 heteroatoms. The van der Waals surface area contributed by atoms with Crippen LogP contribution in [-0.4, -0.2) is 16.2 Å². The molecule has 0 spiro atoms. The third-order valence-corrected chi connectivity index (χ3v) is 2.89. The van der Waals surface area contributed by atoms with Gasteiger partial charge in [0, 0.05) is 23.4 Å². The summed E-state index contributed by atoms with van der Waals surface area (Å²) in [7, 11) is 3.69. The summed E-state index contributed by atoms with van der Waals surface area (Å²) < 4.78 is 3.46. The van der Waals surface area contributed by atoms with E-state index in [0.717, 1.165) is 17.9 Å². The molecule has 0 saturated heterocycles. The molecule has 0 amide bonds. The van der Waals surface area contributed by atoms with Gasteiger partial charge in [-0.15, -0.1) is 4.68 Å². The van der Waals surface area contributed by atoms with E-state index in [0.29, 0.717) is 5.95 Å². The molecule has 0 aliphatic rings. The first-order valence-corrected chi connectivity index (χ1v) is 6.29. The number of terminal acetylenes is 1. The summed E-state index contributed by atoms with van der Waals surface area (Å²) in [6.07, 6.45) is 7.12. The third kappa shape index (κ3) is 2.83. The minimum absolute atomic E-state index is 0.674. The van der Waals surface area contributed by atoms with Gasteiger partial charge in [-0.1, -0.05) is 16.6 Å². The van der Waals surface area contributed by atoms with E-state index in [1.54, 1.807) is 15.6 Å². The predicted molar refractivity (Wildman–Crippen MR) is 76.9 cm³/mol. The second-order valence-electron chi connectivity index (χ2n) is 4.26. The maximum atomic E-state index is 5.43. The Hall–Kier alpha value is -2.68. The largest absolute Gasteiger partial charge is 0.441 e. The summed E-state index contributed by atoms with van der Waals surface area (Å²) in [4.78, 5) is 1.82. The lowest BCUT2D eigenvalue weighted by molar-refractivity contribution is -0.716. The molecule has 0 N–H and O–H groups in total. The molecular weight excluding hydrogens is 252 g/mol. The van der Waals surface area contributed by atoms with Crippen LogP contribution in [-0.2, 0) is 14.1 Å². The van der Waals surface area contributed by atoms with Crippen LogP contribution in [0.3, 0.4) is 0 Å². The first kappa shape index (κ1) is 13.7. The maximum Gasteiger partial charge on any atom is 0.441 e. The van der Waals surface area contributed by atoms with Crippen LogP contribution >= 0.6 is 0 Å². The predicted octanol–water partition coefficient (Wildman–Crippen LogP) is 2.08. The smallest absolute Gasteiger partial charge is 0.302 e. The molecule has 0 bridgehead atoms. The van der Waals surface area contributed by atoms with Gasteiger partial charge in [-0.3, -0.25) is 0 Å². The zero-order valence-corrected chi connectivity index (χ0v) is 11.9. The van der Waals surface area contributed by atoms with Gasteiger partial charge >= 0.3 is 5.95 Å². The molecule has 102 valence electrons. The molecule has 0 atom stereocenters. The number of aryl methyl sites for hydroxylation is 2. The summed E-state index contributed by atoms with van der Waals surface area (Å²) in [5.74, 6) is 0.674. The van der Waals surface area contributed by atoms with E-state index in [1.807, 2.05) is 50.2 Å². The highest BCUT2D eigenvalue weighted by Crippen LogP contribution is 2.20. The summed E-state index contributed by atoms with van der Waals surface area (Å²) in [6, 6.07) is 10.3. The van der Waals surface area contributed by atoms with Crippen molar-refractivity contribution in [3.63, 3.8) is 0 Å². The van der Waals surface area contributed by atoms with Gasteiger partial charge in [0.05, 0.1) is 14.1 Å². The van der Waals surface area contributed by atoms with E-state index in [9.17, 15) is 0 Å². The number of hydrogen-bond donors (Lipinski definition) is 0. The van der Waals surface area contributed by atoms with E-state index in [2.05, 4.69) is 21.4 Å². The molecule has 2 rings (SSSR count). The second kappa shape index (κ2) is 5.97. The van der Waals surface area contributed by atoms with Crippen molar-refractivity contribution in [3.05, 3.63) is 30.6 Å². The van der Waals surface area contributed by atoms with Crippen LogP contribution in [0.1, 0.15) is 6.92 Å². The van der Waals surface area contributed by atoms with Crippen LogP contribution in [0.4, 0.5) is 17.3 Å². The lowest BCUT2D eigenvalue weighted by atomic mass is 10.2. The van der Waals surface area contributed by atoms with Gasteiger partial charge in [0.2, 0.25) is 0 Å². The van der Waals surface area contributed by atoms with Crippen molar-refractivity contribution in [2.75, 3.05) is 11.4 Å². The summed E-state index contributed by atoms with van der Waals surface area (Å²) in [5.41, 5.74) is 1.74. The third-order valence-electron chi connectivity index (χ3n) is 2.89. The van der Waals surface area contributed by atoms with E-state index in [-0.39, 0.29) is 0 Å². The normalized spacial score (nSPS) is 10.7. The van der Waals surface area contributed by atoms with Gasteiger partial charge in [0.25, 0.3) is 0 Å². The Morgan fingerprint density at radius 1 is 1.35 bits per heavy atom. The van der Waals surface area contributed by atoms with Crippen LogP contribution in [0, 0.1) is 12.5 Å². The zero-order valence-electron chi connectivity index (χ0n) is 11.9. The summed E-state index contributed by atoms with van der Waals surface area (Å²) in [6.45, 7) is 2.78. The van der Waals surface area contributed by atoms with Crippen molar-refractivity contribution in [2.24, 2.45) is 24.3 Å². The highest BCUT2D eigenvalue weighted by molar-refractivity contribution is 5.55. The molecule has 0 fully saturated rings. The average molecular weight is 269 g/mol. The Bertz CT molecular complexity index is 628. The Morgan fingerprint density at radius 3 is 2.55 bits per heavy atom. The number of aromatic nitrogens is 3. The lowest BCUT2D eigenvalue weighted by Gasteiger charge is -2.14. The van der Waals surface area contributed by atoms with Crippen molar-refractivity contribution in [1.82, 2.24) is 9.67 Å². The molecule has 1 aromatic carbocycles. The molecule has 0 saturated carbocycles. The van der Waals surface area contributed by atoms with Crippen molar-refractivity contribution in [3.8, 4) is 12.5 Å². The highest BCUT2D eigenvalue weighted by Gasteiger charge is 2.12. The van der Waals surface area contributed by atoms with E-state index in [4.69, 9.17) is 6.42 Å². The molecule has 0 radical (unpaired) electrons. The monoisotopic (exact) mass is 269 g/mol. The number of azo groups is 1. The molecule has 1 heterocycles. The van der Waals surface area contributed by atoms with Crippen molar-refractivity contribution in [2.45, 2.75) is 6.92 Å². The fraction of sp³-hybridized carbons (Fsp3) is 0.286. The minimum atomic E-state index is 0.674. The average Bonchev–Trinajstić information content (AvgIpc) is 2.78.